The maximum absolute atomic E-state index is 6.05. The van der Waals surface area contributed by atoms with Crippen LogP contribution in [0.5, 0.6) is 0 Å². The lowest BCUT2D eigenvalue weighted by atomic mass is 9.88. The summed E-state index contributed by atoms with van der Waals surface area (Å²) in [5, 5.41) is 4.13. The van der Waals surface area contributed by atoms with Crippen molar-refractivity contribution in [2.45, 2.75) is 39.0 Å². The first-order valence-electron chi connectivity index (χ1n) is 8.82. The highest BCUT2D eigenvalue weighted by Gasteiger charge is 2.16. The van der Waals surface area contributed by atoms with Gasteiger partial charge in [-0.05, 0) is 35.9 Å². The standard InChI is InChI=1S/C20H22ClN5/c1-4-8-14(5-2)16-10-7-6-9-15(16)13(3)24-19-17-11-22-12-23-18(17)25-20(21)26-19/h6-7,9-12,14H,3-5,8H2,1-2H3,(H,22,23,24,25,26). The van der Waals surface area contributed by atoms with E-state index < -0.39 is 0 Å². The molecule has 0 aliphatic heterocycles. The molecular formula is C20H22ClN5. The fourth-order valence-electron chi connectivity index (χ4n) is 3.21. The maximum atomic E-state index is 6.05. The number of nitrogens with zero attached hydrogens (tertiary/aromatic N) is 4. The van der Waals surface area contributed by atoms with Crippen molar-refractivity contribution in [2.75, 3.05) is 5.32 Å². The number of fused-ring (bicyclic) bond motifs is 1. The van der Waals surface area contributed by atoms with E-state index in [9.17, 15) is 0 Å². The van der Waals surface area contributed by atoms with Crippen LogP contribution < -0.4 is 5.32 Å². The second kappa shape index (κ2) is 8.23. The van der Waals surface area contributed by atoms with E-state index in [-0.39, 0.29) is 5.28 Å². The van der Waals surface area contributed by atoms with Crippen LogP contribution in [0.25, 0.3) is 16.7 Å². The molecule has 2 aromatic heterocycles. The number of hydrogen-bond acceptors (Lipinski definition) is 5. The molecule has 0 saturated heterocycles. The van der Waals surface area contributed by atoms with Gasteiger partial charge in [-0.15, -0.1) is 0 Å². The van der Waals surface area contributed by atoms with Crippen LogP contribution in [0.15, 0.2) is 43.4 Å². The Morgan fingerprint density at radius 3 is 2.81 bits per heavy atom. The minimum absolute atomic E-state index is 0.136. The summed E-state index contributed by atoms with van der Waals surface area (Å²) in [7, 11) is 0. The summed E-state index contributed by atoms with van der Waals surface area (Å²) in [6, 6.07) is 8.37. The molecule has 0 aliphatic rings. The minimum atomic E-state index is 0.136. The number of aromatic nitrogens is 4. The molecule has 1 unspecified atom stereocenters. The van der Waals surface area contributed by atoms with Crippen LogP contribution in [0, 0.1) is 0 Å². The highest BCUT2D eigenvalue weighted by atomic mass is 35.5. The Morgan fingerprint density at radius 1 is 1.23 bits per heavy atom. The van der Waals surface area contributed by atoms with Gasteiger partial charge in [-0.2, -0.15) is 9.97 Å². The van der Waals surface area contributed by atoms with Crippen LogP contribution in [-0.2, 0) is 0 Å². The predicted octanol–water partition coefficient (Wildman–Crippen LogP) is 5.45. The van der Waals surface area contributed by atoms with Crippen LogP contribution in [-0.4, -0.2) is 19.9 Å². The van der Waals surface area contributed by atoms with Gasteiger partial charge in [0, 0.05) is 17.5 Å². The number of benzene rings is 1. The fraction of sp³-hybridized carbons (Fsp3) is 0.300. The van der Waals surface area contributed by atoms with E-state index in [2.05, 4.69) is 63.9 Å². The lowest BCUT2D eigenvalue weighted by Crippen LogP contribution is -2.07. The average molecular weight is 368 g/mol. The van der Waals surface area contributed by atoms with E-state index >= 15 is 0 Å². The van der Waals surface area contributed by atoms with Gasteiger partial charge in [-0.25, -0.2) is 9.97 Å². The highest BCUT2D eigenvalue weighted by molar-refractivity contribution is 6.28. The normalized spacial score (nSPS) is 12.1. The molecule has 1 atom stereocenters. The Balaban J connectivity index is 1.97. The summed E-state index contributed by atoms with van der Waals surface area (Å²) < 4.78 is 0. The first-order chi connectivity index (χ1) is 12.6. The van der Waals surface area contributed by atoms with Crippen molar-refractivity contribution < 1.29 is 0 Å². The van der Waals surface area contributed by atoms with Crippen molar-refractivity contribution in [1.29, 1.82) is 0 Å². The van der Waals surface area contributed by atoms with Crippen LogP contribution >= 0.6 is 11.6 Å². The number of anilines is 1. The first-order valence-corrected chi connectivity index (χ1v) is 9.20. The van der Waals surface area contributed by atoms with E-state index in [1.54, 1.807) is 6.20 Å². The van der Waals surface area contributed by atoms with E-state index in [1.807, 2.05) is 6.07 Å². The zero-order valence-electron chi connectivity index (χ0n) is 15.0. The maximum Gasteiger partial charge on any atom is 0.226 e. The molecule has 26 heavy (non-hydrogen) atoms. The second-order valence-electron chi connectivity index (χ2n) is 6.19. The lowest BCUT2D eigenvalue weighted by Gasteiger charge is -2.20. The zero-order valence-corrected chi connectivity index (χ0v) is 15.8. The molecule has 2 heterocycles. The lowest BCUT2D eigenvalue weighted by molar-refractivity contribution is 0.595. The fourth-order valence-corrected chi connectivity index (χ4v) is 3.37. The molecule has 0 fully saturated rings. The summed E-state index contributed by atoms with van der Waals surface area (Å²) in [4.78, 5) is 16.6. The molecule has 1 aromatic carbocycles. The summed E-state index contributed by atoms with van der Waals surface area (Å²) >= 11 is 6.05. The number of hydrogen-bond donors (Lipinski definition) is 1. The minimum Gasteiger partial charge on any atom is -0.339 e. The molecule has 3 rings (SSSR count). The number of rotatable bonds is 7. The smallest absolute Gasteiger partial charge is 0.226 e. The van der Waals surface area contributed by atoms with Crippen LogP contribution in [0.4, 0.5) is 5.82 Å². The Hall–Kier alpha value is -2.53. The molecule has 0 amide bonds. The van der Waals surface area contributed by atoms with Crippen LogP contribution in [0.2, 0.25) is 5.28 Å². The van der Waals surface area contributed by atoms with Gasteiger partial charge in [-0.1, -0.05) is 51.1 Å². The van der Waals surface area contributed by atoms with Crippen molar-refractivity contribution in [3.63, 3.8) is 0 Å². The third-order valence-electron chi connectivity index (χ3n) is 4.47. The molecule has 5 nitrogen and oxygen atoms in total. The molecule has 0 aliphatic carbocycles. The Morgan fingerprint density at radius 2 is 2.04 bits per heavy atom. The van der Waals surface area contributed by atoms with Crippen molar-refractivity contribution in [1.82, 2.24) is 19.9 Å². The van der Waals surface area contributed by atoms with Gasteiger partial charge in [0.25, 0.3) is 0 Å². The van der Waals surface area contributed by atoms with Crippen molar-refractivity contribution in [2.24, 2.45) is 0 Å². The molecule has 0 bridgehead atoms. The van der Waals surface area contributed by atoms with Gasteiger partial charge in [0.05, 0.1) is 5.39 Å². The molecule has 0 radical (unpaired) electrons. The molecule has 134 valence electrons. The molecular weight excluding hydrogens is 346 g/mol. The molecule has 1 N–H and O–H groups in total. The summed E-state index contributed by atoms with van der Waals surface area (Å²) in [5.41, 5.74) is 3.67. The van der Waals surface area contributed by atoms with Gasteiger partial charge >= 0.3 is 0 Å². The topological polar surface area (TPSA) is 63.6 Å². The predicted molar refractivity (Wildman–Crippen MR) is 107 cm³/mol. The summed E-state index contributed by atoms with van der Waals surface area (Å²) in [5.74, 6) is 1.06. The van der Waals surface area contributed by atoms with E-state index in [0.717, 1.165) is 30.5 Å². The molecule has 0 saturated carbocycles. The quantitative estimate of drug-likeness (QED) is 0.562. The molecule has 3 aromatic rings. The summed E-state index contributed by atoms with van der Waals surface area (Å²) in [6.45, 7) is 8.68. The third-order valence-corrected chi connectivity index (χ3v) is 4.64. The monoisotopic (exact) mass is 367 g/mol. The van der Waals surface area contributed by atoms with E-state index in [0.29, 0.717) is 22.8 Å². The van der Waals surface area contributed by atoms with E-state index in [1.165, 1.54) is 11.9 Å². The number of nitrogens with one attached hydrogen (secondary N) is 1. The average Bonchev–Trinajstić information content (AvgIpc) is 2.66. The second-order valence-corrected chi connectivity index (χ2v) is 6.52. The highest BCUT2D eigenvalue weighted by Crippen LogP contribution is 2.32. The van der Waals surface area contributed by atoms with Gasteiger partial charge in [-0.3, -0.25) is 0 Å². The van der Waals surface area contributed by atoms with E-state index in [4.69, 9.17) is 11.6 Å². The van der Waals surface area contributed by atoms with Crippen molar-refractivity contribution in [3.8, 4) is 0 Å². The van der Waals surface area contributed by atoms with Gasteiger partial charge in [0.1, 0.15) is 12.1 Å². The summed E-state index contributed by atoms with van der Waals surface area (Å²) in [6.07, 6.45) is 6.50. The van der Waals surface area contributed by atoms with Crippen LogP contribution in [0.1, 0.15) is 50.2 Å². The largest absolute Gasteiger partial charge is 0.339 e. The first kappa shape index (κ1) is 18.3. The SMILES string of the molecule is C=C(Nc1nc(Cl)nc2ncncc12)c1ccccc1C(CC)CCC. The Kier molecular flexibility index (Phi) is 5.78. The number of halogens is 1. The van der Waals surface area contributed by atoms with Gasteiger partial charge in [0.15, 0.2) is 5.65 Å². The van der Waals surface area contributed by atoms with Crippen LogP contribution in [0.3, 0.4) is 0 Å². The molecule has 6 heteroatoms. The van der Waals surface area contributed by atoms with Gasteiger partial charge < -0.3 is 5.32 Å². The van der Waals surface area contributed by atoms with Crippen molar-refractivity contribution >= 4 is 34.1 Å². The van der Waals surface area contributed by atoms with Crippen molar-refractivity contribution in [3.05, 3.63) is 59.8 Å². The Labute approximate surface area is 158 Å². The third kappa shape index (κ3) is 3.83. The van der Waals surface area contributed by atoms with Gasteiger partial charge in [0.2, 0.25) is 5.28 Å². The Bertz CT molecular complexity index is 925. The zero-order chi connectivity index (χ0) is 18.5. The molecule has 0 spiro atoms.